The van der Waals surface area contributed by atoms with E-state index in [-0.39, 0.29) is 85.1 Å². The van der Waals surface area contributed by atoms with Crippen molar-refractivity contribution in [1.82, 2.24) is 45.5 Å². The van der Waals surface area contributed by atoms with Gasteiger partial charge in [-0.15, -0.1) is 0 Å². The molecule has 3 aliphatic rings. The molecule has 5 amide bonds. The molecule has 4 heterocycles. The standard InChI is InChI=1S/C58H65F2N11O8/c1-33(63-5)54(73)67-51(58(2,3)4)56(75)70-29-37-24-43(21-17-36(37)25-47(70)55(74)66-46-14-8-11-34-10-6-7-13-44(34)46)77-31-39-27-65-40(28-64-39)32-78-57(76)69-23-9-12-41(30-69)71-52(61)49(53(62)72)50(68-71)35-15-19-42(20-16-35)79-48-22-18-38(59)26-45(48)60/h6-7,10,13,15-22,24,26-28,33,41,46-47,51,63H,8-9,11-12,14,23,25,29-32,61H2,1-5H3,(H2,62,72)(H,66,74)(H,67,73). The molecule has 0 bridgehead atoms. The molecule has 2 aromatic heterocycles. The van der Waals surface area contributed by atoms with Crippen molar-refractivity contribution in [2.24, 2.45) is 11.1 Å². The second-order valence-electron chi connectivity index (χ2n) is 21.3. The van der Waals surface area contributed by atoms with Crippen LogP contribution in [0.1, 0.15) is 109 Å². The number of fused-ring (bicyclic) bond motifs is 2. The first-order valence-electron chi connectivity index (χ1n) is 26.4. The van der Waals surface area contributed by atoms with Crippen molar-refractivity contribution >= 4 is 35.5 Å². The summed E-state index contributed by atoms with van der Waals surface area (Å²) in [5.74, 6) is -2.72. The molecule has 0 spiro atoms. The van der Waals surface area contributed by atoms with Gasteiger partial charge in [-0.2, -0.15) is 5.10 Å². The van der Waals surface area contributed by atoms with Crippen LogP contribution in [-0.4, -0.2) is 97.5 Å². The fourth-order valence-electron chi connectivity index (χ4n) is 10.3. The molecule has 414 valence electrons. The lowest BCUT2D eigenvalue weighted by Gasteiger charge is -2.41. The second-order valence-corrected chi connectivity index (χ2v) is 21.3. The molecule has 19 nitrogen and oxygen atoms in total. The number of likely N-dealkylation sites (N-methyl/N-ethyl adjacent to an activating group) is 1. The van der Waals surface area contributed by atoms with Crippen LogP contribution in [0.4, 0.5) is 19.4 Å². The number of hydrogen-bond donors (Lipinski definition) is 5. The molecule has 9 rings (SSSR count). The average molecular weight is 1080 g/mol. The molecular weight excluding hydrogens is 1020 g/mol. The Labute approximate surface area is 456 Å². The van der Waals surface area contributed by atoms with E-state index in [4.69, 9.17) is 25.7 Å². The number of aryl methyl sites for hydroxylation is 1. The zero-order valence-electron chi connectivity index (χ0n) is 44.8. The van der Waals surface area contributed by atoms with Crippen molar-refractivity contribution in [3.63, 3.8) is 0 Å². The number of piperidine rings is 1. The highest BCUT2D eigenvalue weighted by atomic mass is 19.1. The first kappa shape index (κ1) is 55.3. The molecule has 1 fully saturated rings. The number of carbonyl (C=O) groups is 5. The molecule has 1 aliphatic carbocycles. The maximum atomic E-state index is 14.8. The summed E-state index contributed by atoms with van der Waals surface area (Å²) in [5.41, 5.74) is 17.2. The van der Waals surface area contributed by atoms with E-state index in [1.807, 2.05) is 51.1 Å². The summed E-state index contributed by atoms with van der Waals surface area (Å²) >= 11 is 0. The number of hydrogen-bond acceptors (Lipinski definition) is 13. The number of ether oxygens (including phenoxy) is 3. The van der Waals surface area contributed by atoms with Crippen LogP contribution in [0.3, 0.4) is 0 Å². The summed E-state index contributed by atoms with van der Waals surface area (Å²) < 4.78 is 46.5. The Kier molecular flexibility index (Phi) is 16.6. The van der Waals surface area contributed by atoms with E-state index in [1.54, 1.807) is 31.0 Å². The molecule has 5 atom stereocenters. The van der Waals surface area contributed by atoms with Crippen LogP contribution < -0.4 is 36.9 Å². The third kappa shape index (κ3) is 12.6. The lowest BCUT2D eigenvalue weighted by molar-refractivity contribution is -0.147. The van der Waals surface area contributed by atoms with E-state index in [9.17, 15) is 32.8 Å². The van der Waals surface area contributed by atoms with Gasteiger partial charge in [-0.1, -0.05) is 51.1 Å². The molecule has 6 aromatic rings. The minimum atomic E-state index is -0.931. The summed E-state index contributed by atoms with van der Waals surface area (Å²) in [4.78, 5) is 80.7. The van der Waals surface area contributed by atoms with Crippen LogP contribution in [-0.2, 0) is 51.7 Å². The number of nitrogens with one attached hydrogen (secondary N) is 3. The molecular formula is C58H65F2N11O8. The molecule has 4 aromatic carbocycles. The molecule has 1 saturated heterocycles. The van der Waals surface area contributed by atoms with Crippen molar-refractivity contribution in [3.05, 3.63) is 148 Å². The Morgan fingerprint density at radius 1 is 0.861 bits per heavy atom. The number of halogens is 2. The van der Waals surface area contributed by atoms with Crippen LogP contribution in [0, 0.1) is 17.0 Å². The van der Waals surface area contributed by atoms with Crippen molar-refractivity contribution in [1.29, 1.82) is 0 Å². The van der Waals surface area contributed by atoms with Crippen LogP contribution in [0.2, 0.25) is 0 Å². The summed E-state index contributed by atoms with van der Waals surface area (Å²) in [6.45, 7) is 7.95. The summed E-state index contributed by atoms with van der Waals surface area (Å²) in [6, 6.07) is 20.0. The Balaban J connectivity index is 0.821. The highest BCUT2D eigenvalue weighted by Gasteiger charge is 2.43. The number of amides is 5. The number of primary amides is 1. The fourth-order valence-corrected chi connectivity index (χ4v) is 10.3. The smallest absolute Gasteiger partial charge is 0.410 e. The van der Waals surface area contributed by atoms with Gasteiger partial charge in [0, 0.05) is 37.7 Å². The number of anilines is 1. The molecule has 21 heteroatoms. The van der Waals surface area contributed by atoms with Gasteiger partial charge < -0.3 is 51.4 Å². The predicted molar refractivity (Wildman–Crippen MR) is 288 cm³/mol. The molecule has 0 saturated carbocycles. The number of aromatic nitrogens is 4. The highest BCUT2D eigenvalue weighted by Crippen LogP contribution is 2.36. The van der Waals surface area contributed by atoms with Gasteiger partial charge in [0.1, 0.15) is 59.7 Å². The van der Waals surface area contributed by atoms with E-state index >= 15 is 0 Å². The Morgan fingerprint density at radius 3 is 2.30 bits per heavy atom. The number of rotatable bonds is 16. The van der Waals surface area contributed by atoms with Gasteiger partial charge in [0.2, 0.25) is 17.7 Å². The van der Waals surface area contributed by atoms with Gasteiger partial charge in [-0.05, 0) is 122 Å². The quantitative estimate of drug-likeness (QED) is 0.0642. The van der Waals surface area contributed by atoms with E-state index in [0.717, 1.165) is 42.0 Å². The topological polar surface area (TPSA) is 251 Å². The summed E-state index contributed by atoms with van der Waals surface area (Å²) in [6.07, 6.45) is 6.52. The molecule has 7 N–H and O–H groups in total. The number of nitrogens with zero attached hydrogens (tertiary/aromatic N) is 6. The van der Waals surface area contributed by atoms with Crippen molar-refractivity contribution < 1.29 is 47.0 Å². The van der Waals surface area contributed by atoms with Gasteiger partial charge in [0.25, 0.3) is 5.91 Å². The normalized spacial score (nSPS) is 17.8. The van der Waals surface area contributed by atoms with E-state index < -0.39 is 53.2 Å². The molecule has 5 unspecified atom stereocenters. The number of nitrogens with two attached hydrogens (primary N) is 2. The predicted octanol–water partition coefficient (Wildman–Crippen LogP) is 7.23. The van der Waals surface area contributed by atoms with Crippen LogP contribution >= 0.6 is 0 Å². The van der Waals surface area contributed by atoms with Crippen LogP contribution in [0.25, 0.3) is 11.3 Å². The van der Waals surface area contributed by atoms with Crippen molar-refractivity contribution in [2.45, 2.75) is 116 Å². The zero-order valence-corrected chi connectivity index (χ0v) is 44.8. The molecule has 0 radical (unpaired) electrons. The summed E-state index contributed by atoms with van der Waals surface area (Å²) in [5, 5.41) is 13.9. The Morgan fingerprint density at radius 2 is 1.59 bits per heavy atom. The maximum Gasteiger partial charge on any atom is 0.410 e. The summed E-state index contributed by atoms with van der Waals surface area (Å²) in [7, 11) is 1.68. The SMILES string of the molecule is CNC(C)C(=O)NC(C(=O)N1Cc2cc(OCc3cnc(COC(=O)N4CCCC(n5nc(-c6ccc(Oc7ccc(F)cc7F)cc6)c(C(N)=O)c5N)C4)cn3)ccc2CC1C(=O)NC1CCCc2ccccc21)C(C)(C)C. The average Bonchev–Trinajstić information content (AvgIpc) is 4.02. The Hall–Kier alpha value is -8.46. The van der Waals surface area contributed by atoms with Crippen LogP contribution in [0.5, 0.6) is 17.2 Å². The first-order chi connectivity index (χ1) is 37.8. The molecule has 2 aliphatic heterocycles. The third-order valence-corrected chi connectivity index (χ3v) is 14.7. The maximum absolute atomic E-state index is 14.8. The van der Waals surface area contributed by atoms with Gasteiger partial charge in [0.05, 0.1) is 41.9 Å². The largest absolute Gasteiger partial charge is 0.487 e. The lowest BCUT2D eigenvalue weighted by atomic mass is 9.83. The zero-order chi connectivity index (χ0) is 56.1. The van der Waals surface area contributed by atoms with Gasteiger partial charge >= 0.3 is 6.09 Å². The van der Waals surface area contributed by atoms with Crippen molar-refractivity contribution in [3.8, 4) is 28.5 Å². The van der Waals surface area contributed by atoms with Gasteiger partial charge in [-0.25, -0.2) is 18.3 Å². The van der Waals surface area contributed by atoms with Crippen molar-refractivity contribution in [2.75, 3.05) is 25.9 Å². The highest BCUT2D eigenvalue weighted by molar-refractivity contribution is 6.03. The minimum Gasteiger partial charge on any atom is -0.487 e. The molecule has 79 heavy (non-hydrogen) atoms. The van der Waals surface area contributed by atoms with E-state index in [1.165, 1.54) is 45.7 Å². The number of carbonyl (C=O) groups excluding carboxylic acids is 5. The van der Waals surface area contributed by atoms with E-state index in [0.29, 0.717) is 48.2 Å². The number of likely N-dealkylation sites (tertiary alicyclic amines) is 1. The third-order valence-electron chi connectivity index (χ3n) is 14.7. The van der Waals surface area contributed by atoms with Gasteiger partial charge in [-0.3, -0.25) is 29.1 Å². The van der Waals surface area contributed by atoms with Crippen LogP contribution in [0.15, 0.2) is 97.3 Å². The number of benzene rings is 4. The lowest BCUT2D eigenvalue weighted by Crippen LogP contribution is -2.62. The monoisotopic (exact) mass is 1080 g/mol. The first-order valence-corrected chi connectivity index (χ1v) is 26.4. The van der Waals surface area contributed by atoms with Gasteiger partial charge in [0.15, 0.2) is 11.6 Å². The van der Waals surface area contributed by atoms with E-state index in [2.05, 4.69) is 43.1 Å². The fraction of sp³-hybridized carbons (Fsp3) is 0.379. The second kappa shape index (κ2) is 23.6. The Bertz CT molecular complexity index is 3240. The minimum absolute atomic E-state index is 0.000845. The number of nitrogen functional groups attached to an aromatic ring is 1.